The van der Waals surface area contributed by atoms with E-state index in [1.54, 1.807) is 5.92 Å². The normalized spacial score (nSPS) is 21.9. The standard InChI is InChI=1S/C9H15/c1-2-3-6-9-7-4-5-8-9/h3,6H,2,4-5,7-8H2,1H3. The lowest BCUT2D eigenvalue weighted by molar-refractivity contribution is 0.886. The molecule has 0 nitrogen and oxygen atoms in total. The van der Waals surface area contributed by atoms with Crippen LogP contribution in [0.2, 0.25) is 0 Å². The second-order valence-corrected chi connectivity index (χ2v) is 2.68. The summed E-state index contributed by atoms with van der Waals surface area (Å²) in [5.41, 5.74) is 0. The van der Waals surface area contributed by atoms with E-state index in [0.29, 0.717) is 0 Å². The van der Waals surface area contributed by atoms with Gasteiger partial charge in [0.25, 0.3) is 0 Å². The first-order chi connectivity index (χ1) is 4.43. The summed E-state index contributed by atoms with van der Waals surface area (Å²) in [4.78, 5) is 0. The maximum atomic E-state index is 2.31. The molecular formula is C9H15. The highest BCUT2D eigenvalue weighted by atomic mass is 14.2. The van der Waals surface area contributed by atoms with E-state index >= 15 is 0 Å². The Morgan fingerprint density at radius 1 is 1.33 bits per heavy atom. The zero-order chi connectivity index (χ0) is 6.53. The second-order valence-electron chi connectivity index (χ2n) is 2.68. The van der Waals surface area contributed by atoms with Gasteiger partial charge in [-0.15, -0.1) is 0 Å². The summed E-state index contributed by atoms with van der Waals surface area (Å²) in [7, 11) is 0. The fourth-order valence-corrected chi connectivity index (χ4v) is 1.28. The summed E-state index contributed by atoms with van der Waals surface area (Å²) in [6.45, 7) is 2.19. The lowest BCUT2D eigenvalue weighted by Crippen LogP contribution is -1.80. The molecule has 1 saturated carbocycles. The van der Waals surface area contributed by atoms with Gasteiger partial charge in [-0.3, -0.25) is 0 Å². The maximum Gasteiger partial charge on any atom is -0.00273 e. The molecular weight excluding hydrogens is 108 g/mol. The van der Waals surface area contributed by atoms with E-state index in [9.17, 15) is 0 Å². The Labute approximate surface area is 58.0 Å². The molecule has 0 aromatic heterocycles. The molecule has 0 aromatic rings. The van der Waals surface area contributed by atoms with Gasteiger partial charge in [0.15, 0.2) is 0 Å². The Balaban J connectivity index is 2.18. The molecule has 51 valence electrons. The Morgan fingerprint density at radius 2 is 2.00 bits per heavy atom. The van der Waals surface area contributed by atoms with Crippen molar-refractivity contribution in [2.75, 3.05) is 0 Å². The van der Waals surface area contributed by atoms with Gasteiger partial charge >= 0.3 is 0 Å². The minimum atomic E-state index is 1.18. The summed E-state index contributed by atoms with van der Waals surface area (Å²) in [6.07, 6.45) is 11.3. The van der Waals surface area contributed by atoms with Crippen molar-refractivity contribution in [2.45, 2.75) is 39.0 Å². The molecule has 9 heavy (non-hydrogen) atoms. The van der Waals surface area contributed by atoms with Gasteiger partial charge in [0.1, 0.15) is 0 Å². The van der Waals surface area contributed by atoms with Crippen LogP contribution in [0.4, 0.5) is 0 Å². The van der Waals surface area contributed by atoms with E-state index in [4.69, 9.17) is 0 Å². The van der Waals surface area contributed by atoms with Crippen LogP contribution in [0.25, 0.3) is 0 Å². The number of allylic oxidation sites excluding steroid dienone is 2. The molecule has 0 N–H and O–H groups in total. The minimum absolute atomic E-state index is 1.18. The van der Waals surface area contributed by atoms with Crippen LogP contribution in [0.5, 0.6) is 0 Å². The largest absolute Gasteiger partial charge is 0.0882 e. The van der Waals surface area contributed by atoms with Gasteiger partial charge in [-0.1, -0.05) is 31.9 Å². The number of rotatable bonds is 2. The molecule has 0 atom stereocenters. The molecule has 1 aliphatic rings. The predicted octanol–water partition coefficient (Wildman–Crippen LogP) is 3.10. The number of hydrogen-bond acceptors (Lipinski definition) is 0. The average molecular weight is 123 g/mol. The fraction of sp³-hybridized carbons (Fsp3) is 0.667. The van der Waals surface area contributed by atoms with Crippen LogP contribution >= 0.6 is 0 Å². The molecule has 0 aliphatic heterocycles. The summed E-state index contributed by atoms with van der Waals surface area (Å²) in [6, 6.07) is 0. The molecule has 1 rings (SSSR count). The Kier molecular flexibility index (Phi) is 2.82. The second kappa shape index (κ2) is 3.71. The van der Waals surface area contributed by atoms with Gasteiger partial charge in [-0.05, 0) is 25.2 Å². The van der Waals surface area contributed by atoms with E-state index in [2.05, 4.69) is 19.1 Å². The fourth-order valence-electron chi connectivity index (χ4n) is 1.28. The molecule has 1 radical (unpaired) electrons. The van der Waals surface area contributed by atoms with Crippen molar-refractivity contribution >= 4 is 0 Å². The summed E-state index contributed by atoms with van der Waals surface area (Å²) in [5.74, 6) is 1.66. The summed E-state index contributed by atoms with van der Waals surface area (Å²) >= 11 is 0. The first-order valence-corrected chi connectivity index (χ1v) is 3.94. The highest BCUT2D eigenvalue weighted by molar-refractivity contribution is 5.11. The average Bonchev–Trinajstić information content (AvgIpc) is 2.34. The van der Waals surface area contributed by atoms with Crippen molar-refractivity contribution in [2.24, 2.45) is 0 Å². The third-order valence-electron chi connectivity index (χ3n) is 1.84. The smallest absolute Gasteiger partial charge is 0.00273 e. The van der Waals surface area contributed by atoms with Crippen LogP contribution in [0, 0.1) is 5.92 Å². The molecule has 1 aliphatic carbocycles. The topological polar surface area (TPSA) is 0 Å². The van der Waals surface area contributed by atoms with E-state index in [1.807, 2.05) is 0 Å². The molecule has 0 bridgehead atoms. The van der Waals surface area contributed by atoms with Gasteiger partial charge in [0.05, 0.1) is 0 Å². The van der Waals surface area contributed by atoms with Crippen LogP contribution in [0.3, 0.4) is 0 Å². The van der Waals surface area contributed by atoms with Gasteiger partial charge in [-0.25, -0.2) is 0 Å². The molecule has 1 fully saturated rings. The molecule has 0 heterocycles. The Hall–Kier alpha value is -0.260. The minimum Gasteiger partial charge on any atom is -0.0882 e. The van der Waals surface area contributed by atoms with E-state index in [-0.39, 0.29) is 0 Å². The van der Waals surface area contributed by atoms with E-state index < -0.39 is 0 Å². The van der Waals surface area contributed by atoms with Crippen molar-refractivity contribution in [3.8, 4) is 0 Å². The van der Waals surface area contributed by atoms with Crippen molar-refractivity contribution in [1.29, 1.82) is 0 Å². The van der Waals surface area contributed by atoms with Gasteiger partial charge < -0.3 is 0 Å². The summed E-state index contributed by atoms with van der Waals surface area (Å²) in [5, 5.41) is 0. The maximum absolute atomic E-state index is 2.31. The van der Waals surface area contributed by atoms with Gasteiger partial charge in [-0.2, -0.15) is 0 Å². The molecule has 0 aromatic carbocycles. The van der Waals surface area contributed by atoms with Crippen molar-refractivity contribution < 1.29 is 0 Å². The quantitative estimate of drug-likeness (QED) is 0.529. The van der Waals surface area contributed by atoms with Crippen LogP contribution < -0.4 is 0 Å². The molecule has 0 saturated heterocycles. The highest BCUT2D eigenvalue weighted by Crippen LogP contribution is 2.27. The van der Waals surface area contributed by atoms with Gasteiger partial charge in [0.2, 0.25) is 0 Å². The monoisotopic (exact) mass is 123 g/mol. The van der Waals surface area contributed by atoms with Crippen LogP contribution in [-0.4, -0.2) is 0 Å². The third-order valence-corrected chi connectivity index (χ3v) is 1.84. The first kappa shape index (κ1) is 6.85. The van der Waals surface area contributed by atoms with Crippen LogP contribution in [-0.2, 0) is 0 Å². The van der Waals surface area contributed by atoms with E-state index in [1.165, 1.54) is 32.1 Å². The number of hydrogen-bond donors (Lipinski definition) is 0. The van der Waals surface area contributed by atoms with Crippen molar-refractivity contribution in [1.82, 2.24) is 0 Å². The molecule has 0 spiro atoms. The van der Waals surface area contributed by atoms with Gasteiger partial charge in [0, 0.05) is 0 Å². The van der Waals surface area contributed by atoms with E-state index in [0.717, 1.165) is 0 Å². The van der Waals surface area contributed by atoms with Crippen molar-refractivity contribution in [3.63, 3.8) is 0 Å². The predicted molar refractivity (Wildman–Crippen MR) is 41.1 cm³/mol. The third kappa shape index (κ3) is 2.21. The summed E-state index contributed by atoms with van der Waals surface area (Å²) < 4.78 is 0. The highest BCUT2D eigenvalue weighted by Gasteiger charge is 2.10. The Bertz CT molecular complexity index is 86.2. The van der Waals surface area contributed by atoms with Crippen LogP contribution in [0.1, 0.15) is 39.0 Å². The zero-order valence-corrected chi connectivity index (χ0v) is 6.19. The molecule has 0 heteroatoms. The SMILES string of the molecule is CCC=C[C]1CCCC1. The lowest BCUT2D eigenvalue weighted by Gasteiger charge is -1.96. The zero-order valence-electron chi connectivity index (χ0n) is 6.19. The lowest BCUT2D eigenvalue weighted by atomic mass is 10.1. The molecule has 0 unspecified atom stereocenters. The molecule has 0 amide bonds. The van der Waals surface area contributed by atoms with Crippen molar-refractivity contribution in [3.05, 3.63) is 18.1 Å². The first-order valence-electron chi connectivity index (χ1n) is 3.94. The van der Waals surface area contributed by atoms with Crippen LogP contribution in [0.15, 0.2) is 12.2 Å². The Morgan fingerprint density at radius 3 is 2.56 bits per heavy atom.